The average molecular weight is 251 g/mol. The first-order valence-corrected chi connectivity index (χ1v) is 7.19. The van der Waals surface area contributed by atoms with Gasteiger partial charge in [0.15, 0.2) is 0 Å². The Morgan fingerprint density at radius 3 is 2.94 bits per heavy atom. The third kappa shape index (κ3) is 2.54. The summed E-state index contributed by atoms with van der Waals surface area (Å²) in [6.45, 7) is 6.06. The molecule has 0 bridgehead atoms. The lowest BCUT2D eigenvalue weighted by Gasteiger charge is -2.13. The SMILES string of the molecule is C=C(C)CCC(NC)c1cc2sccc2s1. The molecule has 0 fully saturated rings. The second-order valence-corrected chi connectivity index (χ2v) is 6.20. The minimum absolute atomic E-state index is 0.473. The zero-order valence-electron chi connectivity index (χ0n) is 9.75. The number of thiophene rings is 2. The largest absolute Gasteiger partial charge is 0.312 e. The minimum atomic E-state index is 0.473. The van der Waals surface area contributed by atoms with Crippen molar-refractivity contribution in [1.82, 2.24) is 5.32 Å². The fraction of sp³-hybridized carbons (Fsp3) is 0.385. The van der Waals surface area contributed by atoms with Gasteiger partial charge in [-0.1, -0.05) is 5.57 Å². The van der Waals surface area contributed by atoms with E-state index in [0.29, 0.717) is 6.04 Å². The van der Waals surface area contributed by atoms with Crippen LogP contribution in [0.1, 0.15) is 30.7 Å². The molecule has 0 saturated heterocycles. The van der Waals surface area contributed by atoms with E-state index < -0.39 is 0 Å². The molecule has 0 amide bonds. The summed E-state index contributed by atoms with van der Waals surface area (Å²) in [5.74, 6) is 0. The van der Waals surface area contributed by atoms with Crippen molar-refractivity contribution in [2.45, 2.75) is 25.8 Å². The van der Waals surface area contributed by atoms with Crippen molar-refractivity contribution in [2.24, 2.45) is 0 Å². The number of rotatable bonds is 5. The van der Waals surface area contributed by atoms with Gasteiger partial charge in [0, 0.05) is 20.3 Å². The van der Waals surface area contributed by atoms with Crippen LogP contribution < -0.4 is 5.32 Å². The smallest absolute Gasteiger partial charge is 0.0454 e. The van der Waals surface area contributed by atoms with E-state index in [9.17, 15) is 0 Å². The van der Waals surface area contributed by atoms with E-state index in [0.717, 1.165) is 12.8 Å². The summed E-state index contributed by atoms with van der Waals surface area (Å²) < 4.78 is 2.83. The van der Waals surface area contributed by atoms with Crippen LogP contribution in [0.4, 0.5) is 0 Å². The summed E-state index contributed by atoms with van der Waals surface area (Å²) in [4.78, 5) is 1.45. The third-order valence-electron chi connectivity index (χ3n) is 2.71. The highest BCUT2D eigenvalue weighted by molar-refractivity contribution is 7.26. The summed E-state index contributed by atoms with van der Waals surface area (Å²) in [6.07, 6.45) is 2.23. The molecule has 2 heterocycles. The highest BCUT2D eigenvalue weighted by Crippen LogP contribution is 2.34. The first kappa shape index (κ1) is 11.8. The number of nitrogens with one attached hydrogen (secondary N) is 1. The zero-order chi connectivity index (χ0) is 11.5. The lowest BCUT2D eigenvalue weighted by Crippen LogP contribution is -2.14. The Hall–Kier alpha value is -0.640. The van der Waals surface area contributed by atoms with Crippen molar-refractivity contribution in [1.29, 1.82) is 0 Å². The molecule has 0 aromatic carbocycles. The van der Waals surface area contributed by atoms with E-state index in [1.54, 1.807) is 0 Å². The molecule has 0 aliphatic rings. The molecule has 1 unspecified atom stereocenters. The van der Waals surface area contributed by atoms with Gasteiger partial charge in [-0.2, -0.15) is 0 Å². The highest BCUT2D eigenvalue weighted by Gasteiger charge is 2.12. The summed E-state index contributed by atoms with van der Waals surface area (Å²) in [7, 11) is 2.04. The van der Waals surface area contributed by atoms with Gasteiger partial charge in [0.1, 0.15) is 0 Å². The van der Waals surface area contributed by atoms with E-state index in [-0.39, 0.29) is 0 Å². The van der Waals surface area contributed by atoms with Gasteiger partial charge in [0.25, 0.3) is 0 Å². The van der Waals surface area contributed by atoms with Crippen LogP contribution in [0.2, 0.25) is 0 Å². The maximum Gasteiger partial charge on any atom is 0.0454 e. The van der Waals surface area contributed by atoms with Gasteiger partial charge >= 0.3 is 0 Å². The molecule has 2 aromatic heterocycles. The van der Waals surface area contributed by atoms with Crippen LogP contribution in [0.25, 0.3) is 9.40 Å². The molecule has 3 heteroatoms. The molecule has 0 spiro atoms. The molecule has 1 nitrogen and oxygen atoms in total. The van der Waals surface area contributed by atoms with Gasteiger partial charge in [-0.05, 0) is 44.3 Å². The number of hydrogen-bond acceptors (Lipinski definition) is 3. The zero-order valence-corrected chi connectivity index (χ0v) is 11.4. The van der Waals surface area contributed by atoms with E-state index >= 15 is 0 Å². The van der Waals surface area contributed by atoms with E-state index in [1.807, 2.05) is 29.7 Å². The lowest BCUT2D eigenvalue weighted by molar-refractivity contribution is 0.557. The van der Waals surface area contributed by atoms with Crippen LogP contribution in [0, 0.1) is 0 Å². The average Bonchev–Trinajstić information content (AvgIpc) is 2.78. The second-order valence-electron chi connectivity index (χ2n) is 4.13. The summed E-state index contributed by atoms with van der Waals surface area (Å²) in [6, 6.07) is 5.01. The summed E-state index contributed by atoms with van der Waals surface area (Å²) in [5, 5.41) is 5.56. The molecular weight excluding hydrogens is 234 g/mol. The number of allylic oxidation sites excluding steroid dienone is 1. The standard InChI is InChI=1S/C13H17NS2/c1-9(2)4-5-10(14-3)12-8-13-11(16-12)6-7-15-13/h6-8,10,14H,1,4-5H2,2-3H3. The quantitative estimate of drug-likeness (QED) is 0.767. The topological polar surface area (TPSA) is 12.0 Å². The van der Waals surface area contributed by atoms with Gasteiger partial charge in [-0.3, -0.25) is 0 Å². The Balaban J connectivity index is 2.14. The molecule has 2 aromatic rings. The van der Waals surface area contributed by atoms with E-state index in [1.165, 1.54) is 19.9 Å². The van der Waals surface area contributed by atoms with Gasteiger partial charge in [0.2, 0.25) is 0 Å². The monoisotopic (exact) mass is 251 g/mol. The van der Waals surface area contributed by atoms with Crippen LogP contribution in [0.5, 0.6) is 0 Å². The molecule has 16 heavy (non-hydrogen) atoms. The normalized spacial score (nSPS) is 13.1. The Morgan fingerprint density at radius 2 is 2.31 bits per heavy atom. The molecule has 2 rings (SSSR count). The first-order valence-electron chi connectivity index (χ1n) is 5.49. The van der Waals surface area contributed by atoms with Crippen molar-refractivity contribution in [2.75, 3.05) is 7.05 Å². The molecule has 0 aliphatic heterocycles. The van der Waals surface area contributed by atoms with Crippen molar-refractivity contribution < 1.29 is 0 Å². The van der Waals surface area contributed by atoms with Gasteiger partial charge in [-0.25, -0.2) is 0 Å². The van der Waals surface area contributed by atoms with Crippen molar-refractivity contribution in [3.8, 4) is 0 Å². The third-order valence-corrected chi connectivity index (χ3v) is 4.92. The van der Waals surface area contributed by atoms with E-state index in [4.69, 9.17) is 0 Å². The highest BCUT2D eigenvalue weighted by atomic mass is 32.1. The van der Waals surface area contributed by atoms with Crippen LogP contribution in [0.3, 0.4) is 0 Å². The van der Waals surface area contributed by atoms with Crippen LogP contribution in [0.15, 0.2) is 29.7 Å². The fourth-order valence-corrected chi connectivity index (χ4v) is 4.04. The van der Waals surface area contributed by atoms with Crippen molar-refractivity contribution in [3.63, 3.8) is 0 Å². The molecule has 1 atom stereocenters. The Labute approximate surface area is 105 Å². The van der Waals surface area contributed by atoms with E-state index in [2.05, 4.69) is 36.3 Å². The minimum Gasteiger partial charge on any atom is -0.312 e. The fourth-order valence-electron chi connectivity index (χ4n) is 1.78. The predicted molar refractivity (Wildman–Crippen MR) is 75.6 cm³/mol. The van der Waals surface area contributed by atoms with Gasteiger partial charge in [0.05, 0.1) is 0 Å². The van der Waals surface area contributed by atoms with Gasteiger partial charge < -0.3 is 5.32 Å². The van der Waals surface area contributed by atoms with Crippen molar-refractivity contribution >= 4 is 32.1 Å². The molecule has 0 saturated carbocycles. The maximum absolute atomic E-state index is 3.97. The Morgan fingerprint density at radius 1 is 1.50 bits per heavy atom. The first-order chi connectivity index (χ1) is 7.70. The maximum atomic E-state index is 3.97. The number of hydrogen-bond donors (Lipinski definition) is 1. The molecular formula is C13H17NS2. The molecule has 0 radical (unpaired) electrons. The number of fused-ring (bicyclic) bond motifs is 1. The summed E-state index contributed by atoms with van der Waals surface area (Å²) in [5.41, 5.74) is 1.26. The van der Waals surface area contributed by atoms with Crippen LogP contribution in [-0.2, 0) is 0 Å². The van der Waals surface area contributed by atoms with Crippen molar-refractivity contribution in [3.05, 3.63) is 34.5 Å². The van der Waals surface area contributed by atoms with Crippen LogP contribution in [-0.4, -0.2) is 7.05 Å². The Bertz CT molecular complexity index is 452. The Kier molecular flexibility index (Phi) is 3.79. The van der Waals surface area contributed by atoms with Gasteiger partial charge in [-0.15, -0.1) is 29.3 Å². The molecule has 1 N–H and O–H groups in total. The lowest BCUT2D eigenvalue weighted by atomic mass is 10.1. The van der Waals surface area contributed by atoms with Crippen LogP contribution >= 0.6 is 22.7 Å². The second kappa shape index (κ2) is 5.13. The summed E-state index contributed by atoms with van der Waals surface area (Å²) >= 11 is 3.73. The molecule has 86 valence electrons. The predicted octanol–water partition coefficient (Wildman–Crippen LogP) is 4.58. The molecule has 0 aliphatic carbocycles.